The molecule has 1 fully saturated rings. The minimum atomic E-state index is -0.483. The van der Waals surface area contributed by atoms with Crippen LogP contribution in [0.1, 0.15) is 38.6 Å². The van der Waals surface area contributed by atoms with E-state index in [1.807, 2.05) is 6.92 Å². The van der Waals surface area contributed by atoms with Gasteiger partial charge in [-0.15, -0.1) is 0 Å². The Labute approximate surface area is 111 Å². The van der Waals surface area contributed by atoms with Gasteiger partial charge < -0.3 is 0 Å². The average molecular weight is 260 g/mol. The van der Waals surface area contributed by atoms with Crippen molar-refractivity contribution >= 4 is 10.9 Å². The molecule has 1 aliphatic rings. The second-order valence-corrected chi connectivity index (χ2v) is 5.38. The normalized spacial score (nSPS) is 18.0. The maximum Gasteiger partial charge on any atom is 0.264 e. The molecule has 1 saturated carbocycles. The van der Waals surface area contributed by atoms with Gasteiger partial charge in [-0.05, 0) is 37.8 Å². The molecular weight excluding hydrogens is 243 g/mol. The molecule has 3 nitrogen and oxygen atoms in total. The molecule has 1 aromatic carbocycles. The maximum absolute atomic E-state index is 13.8. The quantitative estimate of drug-likeness (QED) is 0.830. The Morgan fingerprint density at radius 2 is 2.11 bits per heavy atom. The first-order valence-corrected chi connectivity index (χ1v) is 6.84. The van der Waals surface area contributed by atoms with Crippen molar-refractivity contribution in [2.24, 2.45) is 5.92 Å². The number of rotatable bonds is 2. The van der Waals surface area contributed by atoms with Crippen LogP contribution in [0.4, 0.5) is 4.39 Å². The molecule has 1 atom stereocenters. The van der Waals surface area contributed by atoms with Crippen LogP contribution in [0.3, 0.4) is 0 Å². The van der Waals surface area contributed by atoms with Crippen molar-refractivity contribution in [2.45, 2.75) is 38.6 Å². The summed E-state index contributed by atoms with van der Waals surface area (Å²) in [4.78, 5) is 16.6. The number of fused-ring (bicyclic) bond motifs is 1. The van der Waals surface area contributed by atoms with Crippen molar-refractivity contribution in [2.75, 3.05) is 0 Å². The third kappa shape index (κ3) is 2.05. The Hall–Kier alpha value is -1.71. The van der Waals surface area contributed by atoms with Gasteiger partial charge in [0.2, 0.25) is 0 Å². The molecule has 0 saturated heterocycles. The molecule has 0 spiro atoms. The molecule has 0 unspecified atom stereocenters. The highest BCUT2D eigenvalue weighted by molar-refractivity contribution is 5.77. The lowest BCUT2D eigenvalue weighted by Crippen LogP contribution is -2.27. The van der Waals surface area contributed by atoms with E-state index >= 15 is 0 Å². The van der Waals surface area contributed by atoms with Crippen LogP contribution in [0.2, 0.25) is 0 Å². The van der Waals surface area contributed by atoms with Gasteiger partial charge >= 0.3 is 0 Å². The summed E-state index contributed by atoms with van der Waals surface area (Å²) in [5.74, 6) is 0.0201. The van der Waals surface area contributed by atoms with Crippen LogP contribution < -0.4 is 5.56 Å². The Bertz CT molecular complexity index is 659. The first-order chi connectivity index (χ1) is 9.18. The molecule has 1 aromatic heterocycles. The molecule has 1 heterocycles. The monoisotopic (exact) mass is 260 g/mol. The number of nitrogens with zero attached hydrogens (tertiary/aromatic N) is 2. The van der Waals surface area contributed by atoms with Gasteiger partial charge in [0.1, 0.15) is 11.2 Å². The number of hydrogen-bond acceptors (Lipinski definition) is 2. The fourth-order valence-electron chi connectivity index (χ4n) is 3.10. The van der Waals surface area contributed by atoms with Gasteiger partial charge in [0.25, 0.3) is 5.56 Å². The van der Waals surface area contributed by atoms with Crippen molar-refractivity contribution in [3.63, 3.8) is 0 Å². The fourth-order valence-corrected chi connectivity index (χ4v) is 3.10. The van der Waals surface area contributed by atoms with Crippen LogP contribution in [0, 0.1) is 11.7 Å². The molecular formula is C15H17FN2O. The summed E-state index contributed by atoms with van der Waals surface area (Å²) in [6, 6.07) is 4.65. The molecule has 2 aromatic rings. The van der Waals surface area contributed by atoms with E-state index in [2.05, 4.69) is 4.98 Å². The van der Waals surface area contributed by atoms with Crippen LogP contribution in [0.5, 0.6) is 0 Å². The molecule has 0 N–H and O–H groups in total. The molecule has 0 radical (unpaired) electrons. The Morgan fingerprint density at radius 1 is 1.37 bits per heavy atom. The Balaban J connectivity index is 2.12. The van der Waals surface area contributed by atoms with Gasteiger partial charge in [-0.3, -0.25) is 9.36 Å². The van der Waals surface area contributed by atoms with E-state index in [-0.39, 0.29) is 17.0 Å². The summed E-state index contributed by atoms with van der Waals surface area (Å²) < 4.78 is 15.4. The highest BCUT2D eigenvalue weighted by Gasteiger charge is 2.24. The summed E-state index contributed by atoms with van der Waals surface area (Å²) in [6.45, 7) is 2.03. The molecule has 0 bridgehead atoms. The first kappa shape index (κ1) is 12.3. The van der Waals surface area contributed by atoms with Gasteiger partial charge in [-0.25, -0.2) is 9.37 Å². The molecule has 100 valence electrons. The van der Waals surface area contributed by atoms with E-state index < -0.39 is 5.82 Å². The van der Waals surface area contributed by atoms with Gasteiger partial charge in [-0.1, -0.05) is 18.9 Å². The van der Waals surface area contributed by atoms with E-state index in [9.17, 15) is 9.18 Å². The lowest BCUT2D eigenvalue weighted by atomic mass is 9.99. The molecule has 0 amide bonds. The zero-order valence-corrected chi connectivity index (χ0v) is 11.0. The second-order valence-electron chi connectivity index (χ2n) is 5.38. The van der Waals surface area contributed by atoms with E-state index in [0.717, 1.165) is 12.8 Å². The first-order valence-electron chi connectivity index (χ1n) is 6.84. The number of aromatic nitrogens is 2. The van der Waals surface area contributed by atoms with Crippen molar-refractivity contribution < 1.29 is 4.39 Å². The topological polar surface area (TPSA) is 34.9 Å². The van der Waals surface area contributed by atoms with Crippen LogP contribution in [-0.4, -0.2) is 9.55 Å². The molecule has 0 aliphatic heterocycles. The number of hydrogen-bond donors (Lipinski definition) is 0. The van der Waals surface area contributed by atoms with E-state index in [1.54, 1.807) is 23.0 Å². The lowest BCUT2D eigenvalue weighted by Gasteiger charge is -2.21. The van der Waals surface area contributed by atoms with Crippen molar-refractivity contribution in [3.05, 3.63) is 40.7 Å². The largest absolute Gasteiger partial charge is 0.296 e. The van der Waals surface area contributed by atoms with Crippen molar-refractivity contribution in [1.82, 2.24) is 9.55 Å². The minimum absolute atomic E-state index is 0.0894. The highest BCUT2D eigenvalue weighted by Crippen LogP contribution is 2.33. The lowest BCUT2D eigenvalue weighted by molar-refractivity contribution is 0.351. The summed E-state index contributed by atoms with van der Waals surface area (Å²) in [5, 5.41) is 0.106. The van der Waals surface area contributed by atoms with Crippen molar-refractivity contribution in [3.8, 4) is 0 Å². The maximum atomic E-state index is 13.8. The van der Waals surface area contributed by atoms with Crippen LogP contribution in [0.15, 0.2) is 29.3 Å². The zero-order chi connectivity index (χ0) is 13.4. The van der Waals surface area contributed by atoms with E-state index in [4.69, 9.17) is 0 Å². The highest BCUT2D eigenvalue weighted by atomic mass is 19.1. The standard InChI is InChI=1S/C15H17FN2O/c1-10(11-5-2-3-6-11)18-9-17-13-8-4-7-12(16)14(13)15(18)19/h4,7-11H,2-3,5-6H2,1H3/t10-/m0/s1. The fraction of sp³-hybridized carbons (Fsp3) is 0.467. The van der Waals surface area contributed by atoms with Gasteiger partial charge in [0.05, 0.1) is 11.8 Å². The summed E-state index contributed by atoms with van der Waals surface area (Å²) in [5.41, 5.74) is 0.169. The second kappa shape index (κ2) is 4.76. The third-order valence-electron chi connectivity index (χ3n) is 4.28. The number of benzene rings is 1. The summed E-state index contributed by atoms with van der Waals surface area (Å²) in [6.07, 6.45) is 6.29. The van der Waals surface area contributed by atoms with Crippen LogP contribution >= 0.6 is 0 Å². The third-order valence-corrected chi connectivity index (χ3v) is 4.28. The van der Waals surface area contributed by atoms with Gasteiger partial charge in [0.15, 0.2) is 0 Å². The molecule has 1 aliphatic carbocycles. The predicted molar refractivity (Wildman–Crippen MR) is 72.6 cm³/mol. The average Bonchev–Trinajstić information content (AvgIpc) is 2.92. The Morgan fingerprint density at radius 3 is 2.84 bits per heavy atom. The van der Waals surface area contributed by atoms with Crippen molar-refractivity contribution in [1.29, 1.82) is 0 Å². The molecule has 3 rings (SSSR count). The van der Waals surface area contributed by atoms with Gasteiger partial charge in [0, 0.05) is 6.04 Å². The van der Waals surface area contributed by atoms with Crippen LogP contribution in [0.25, 0.3) is 10.9 Å². The Kier molecular flexibility index (Phi) is 3.09. The van der Waals surface area contributed by atoms with E-state index in [1.165, 1.54) is 18.9 Å². The number of halogens is 1. The molecule has 19 heavy (non-hydrogen) atoms. The summed E-state index contributed by atoms with van der Waals surface area (Å²) >= 11 is 0. The van der Waals surface area contributed by atoms with Crippen LogP contribution in [-0.2, 0) is 0 Å². The summed E-state index contributed by atoms with van der Waals surface area (Å²) in [7, 11) is 0. The zero-order valence-electron chi connectivity index (χ0n) is 11.0. The SMILES string of the molecule is C[C@@H](C1CCCC1)n1cnc2cccc(F)c2c1=O. The van der Waals surface area contributed by atoms with E-state index in [0.29, 0.717) is 11.4 Å². The smallest absolute Gasteiger partial charge is 0.264 e. The van der Waals surface area contributed by atoms with Gasteiger partial charge in [-0.2, -0.15) is 0 Å². The minimum Gasteiger partial charge on any atom is -0.296 e. The molecule has 4 heteroatoms. The predicted octanol–water partition coefficient (Wildman–Crippen LogP) is 3.29.